The van der Waals surface area contributed by atoms with Crippen molar-refractivity contribution >= 4 is 57.1 Å². The van der Waals surface area contributed by atoms with Gasteiger partial charge in [0.15, 0.2) is 11.6 Å². The van der Waals surface area contributed by atoms with Gasteiger partial charge in [-0.05, 0) is 98.5 Å². The molecule has 93 heavy (non-hydrogen) atoms. The Bertz CT molecular complexity index is 3910. The van der Waals surface area contributed by atoms with Crippen molar-refractivity contribution in [3.05, 3.63) is 138 Å². The van der Waals surface area contributed by atoms with E-state index >= 15 is 4.39 Å². The van der Waals surface area contributed by atoms with Crippen LogP contribution in [0.15, 0.2) is 88.2 Å². The van der Waals surface area contributed by atoms with E-state index in [4.69, 9.17) is 28.7 Å². The summed E-state index contributed by atoms with van der Waals surface area (Å²) in [6.07, 6.45) is 11.2. The Morgan fingerprint density at radius 2 is 1.58 bits per heavy atom. The third-order valence-electron chi connectivity index (χ3n) is 17.3. The van der Waals surface area contributed by atoms with E-state index in [0.717, 1.165) is 55.3 Å². The van der Waals surface area contributed by atoms with Crippen molar-refractivity contribution in [1.82, 2.24) is 54.5 Å². The number of nitrogens with zero attached hydrogens (tertiary/aromatic N) is 9. The highest BCUT2D eigenvalue weighted by Gasteiger charge is 2.40. The zero-order valence-electron chi connectivity index (χ0n) is 53.6. The van der Waals surface area contributed by atoms with Crippen LogP contribution in [-0.2, 0) is 65.5 Å². The first kappa shape index (κ1) is 67.8. The molecule has 10 rings (SSSR count). The summed E-state index contributed by atoms with van der Waals surface area (Å²) in [4.78, 5) is 94.2. The molecule has 1 aliphatic carbocycles. The van der Waals surface area contributed by atoms with E-state index < -0.39 is 30.1 Å². The van der Waals surface area contributed by atoms with Gasteiger partial charge in [-0.25, -0.2) is 14.4 Å². The number of aliphatic hydroxyl groups is 1. The number of aliphatic hydroxyl groups excluding tert-OH is 1. The maximum atomic E-state index is 15.6. The molecule has 0 spiro atoms. The number of carbonyl (C=O) groups excluding carboxylic acids is 4. The van der Waals surface area contributed by atoms with Crippen molar-refractivity contribution in [3.63, 3.8) is 0 Å². The molecule has 24 nitrogen and oxygen atoms in total. The van der Waals surface area contributed by atoms with Gasteiger partial charge < -0.3 is 59.1 Å². The normalized spacial score (nSPS) is 15.9. The monoisotopic (exact) mass is 1300 g/mol. The third kappa shape index (κ3) is 16.5. The van der Waals surface area contributed by atoms with Crippen LogP contribution >= 0.6 is 11.3 Å². The highest BCUT2D eigenvalue weighted by molar-refractivity contribution is 7.10. The van der Waals surface area contributed by atoms with Gasteiger partial charge in [0.05, 0.1) is 108 Å². The van der Waals surface area contributed by atoms with E-state index in [1.165, 1.54) is 34.4 Å². The molecule has 3 atom stereocenters. The summed E-state index contributed by atoms with van der Waals surface area (Å²) in [5.41, 5.74) is 2.17. The fraction of sp³-hybridized carbons (Fsp3) is 0.493. The maximum absolute atomic E-state index is 15.6. The second-order valence-electron chi connectivity index (χ2n) is 24.7. The van der Waals surface area contributed by atoms with Crippen molar-refractivity contribution in [3.8, 4) is 22.7 Å². The Hall–Kier alpha value is -8.11. The minimum Gasteiger partial charge on any atom is -0.491 e. The summed E-state index contributed by atoms with van der Waals surface area (Å²) < 4.78 is 48.3. The first-order valence-corrected chi connectivity index (χ1v) is 32.7. The summed E-state index contributed by atoms with van der Waals surface area (Å²) in [6, 6.07) is 13.8. The smallest absolute Gasteiger partial charge is 0.283 e. The molecule has 1 saturated heterocycles. The van der Waals surface area contributed by atoms with Crippen LogP contribution in [0.1, 0.15) is 123 Å². The number of nitrogens with one attached hydrogen (secondary N) is 3. The summed E-state index contributed by atoms with van der Waals surface area (Å²) in [5.74, 6) is -0.257. The first-order chi connectivity index (χ1) is 44.9. The van der Waals surface area contributed by atoms with E-state index in [2.05, 4.69) is 31.1 Å². The van der Waals surface area contributed by atoms with Crippen molar-refractivity contribution in [2.45, 2.75) is 122 Å². The van der Waals surface area contributed by atoms with Gasteiger partial charge in [0.25, 0.3) is 11.1 Å². The predicted octanol–water partition coefficient (Wildman–Crippen LogP) is 6.92. The summed E-state index contributed by atoms with van der Waals surface area (Å²) in [7, 11) is 3.32. The molecule has 496 valence electrons. The number of hydrogen-bond acceptors (Lipinski definition) is 19. The predicted molar refractivity (Wildman–Crippen MR) is 347 cm³/mol. The number of thiazole rings is 1. The minimum atomic E-state index is -0.734. The van der Waals surface area contributed by atoms with E-state index in [-0.39, 0.29) is 88.5 Å². The van der Waals surface area contributed by atoms with Crippen molar-refractivity contribution < 1.29 is 52.4 Å². The molecule has 5 aromatic heterocycles. The maximum Gasteiger partial charge on any atom is 0.283 e. The standard InChI is InChI=1S/C67H83FN12O12S/c1-42(69-5)62(84)74-59(43-12-8-7-9-13-43)66(87)78-20-11-16-55(78)63-73-54(41-93-63)60(83)44-14-10-15-49(33-44)92-31-30-91-29-28-90-27-26-89-25-24-88-23-18-57(82)77-21-22-79-48(39-77)36-56(75-79)72-53-34-46(38-76(6)64(53)85)50-17-19-70-61(51(50)40-81)80-65(86)58-45(37-71-80)32-47(35-52(58)68)67(2,3)4/h10,14-15,17,19,32-38,41-43,55,59,69,81H,7-9,11-13,16,18,20-31,39-40H2,1-6H3,(H,72,75)(H,74,84)/t42-,55-,59-/m0/s1. The van der Waals surface area contributed by atoms with Gasteiger partial charge in [0, 0.05) is 66.1 Å². The average Bonchev–Trinajstić information content (AvgIpc) is 1.35. The summed E-state index contributed by atoms with van der Waals surface area (Å²) >= 11 is 1.38. The molecule has 0 unspecified atom stereocenters. The molecule has 2 aliphatic heterocycles. The number of rotatable bonds is 29. The molecule has 2 fully saturated rings. The molecular weight excluding hydrogens is 1220 g/mol. The molecule has 3 amide bonds. The first-order valence-electron chi connectivity index (χ1n) is 31.9. The van der Waals surface area contributed by atoms with E-state index in [1.54, 1.807) is 90.7 Å². The molecule has 1 saturated carbocycles. The molecule has 7 aromatic rings. The molecule has 3 aliphatic rings. The van der Waals surface area contributed by atoms with Crippen LogP contribution in [-0.4, -0.2) is 164 Å². The Morgan fingerprint density at radius 3 is 2.30 bits per heavy atom. The molecule has 26 heteroatoms. The molecule has 0 radical (unpaired) electrons. The van der Waals surface area contributed by atoms with E-state index in [0.29, 0.717) is 122 Å². The van der Waals surface area contributed by atoms with Gasteiger partial charge in [0.1, 0.15) is 40.6 Å². The zero-order valence-corrected chi connectivity index (χ0v) is 54.4. The average molecular weight is 1300 g/mol. The Kier molecular flexibility index (Phi) is 22.7. The fourth-order valence-corrected chi connectivity index (χ4v) is 12.9. The lowest BCUT2D eigenvalue weighted by Gasteiger charge is -2.35. The number of fused-ring (bicyclic) bond motifs is 2. The lowest BCUT2D eigenvalue weighted by Crippen LogP contribution is -2.55. The van der Waals surface area contributed by atoms with Crippen LogP contribution in [0.2, 0.25) is 0 Å². The number of pyridine rings is 2. The Morgan fingerprint density at radius 1 is 0.849 bits per heavy atom. The van der Waals surface area contributed by atoms with Gasteiger partial charge in [-0.15, -0.1) is 11.3 Å². The van der Waals surface area contributed by atoms with Gasteiger partial charge >= 0.3 is 0 Å². The SMILES string of the molecule is CN[C@@H](C)C(=O)N[C@H](C(=O)N1CCC[C@H]1c1nc(C(=O)c2cccc(OCCOCCOCCOCCOCCC(=O)N3CCn4nc(Nc5cc(-c6ccnc(-n7ncc8cc(C(C)(C)C)cc(F)c8c7=O)c6CO)cn(C)c5=O)cc4C3)c2)cs1)C1CCCCC1. The lowest BCUT2D eigenvalue weighted by atomic mass is 9.83. The fourth-order valence-electron chi connectivity index (χ4n) is 12.0. The van der Waals surface area contributed by atoms with Gasteiger partial charge in [0.2, 0.25) is 23.5 Å². The number of amides is 3. The quantitative estimate of drug-likeness (QED) is 0.0274. The lowest BCUT2D eigenvalue weighted by molar-refractivity contribution is -0.139. The van der Waals surface area contributed by atoms with Crippen LogP contribution in [0.4, 0.5) is 15.9 Å². The number of benzene rings is 2. The number of aryl methyl sites for hydroxylation is 1. The number of halogens is 1. The van der Waals surface area contributed by atoms with Gasteiger partial charge in [-0.2, -0.15) is 14.9 Å². The third-order valence-corrected chi connectivity index (χ3v) is 18.2. The largest absolute Gasteiger partial charge is 0.491 e. The van der Waals surface area contributed by atoms with Crippen molar-refractivity contribution in [2.75, 3.05) is 84.9 Å². The van der Waals surface area contributed by atoms with Crippen molar-refractivity contribution in [2.24, 2.45) is 13.0 Å². The second-order valence-corrected chi connectivity index (χ2v) is 25.5. The molecule has 2 aromatic carbocycles. The highest BCUT2D eigenvalue weighted by atomic mass is 32.1. The summed E-state index contributed by atoms with van der Waals surface area (Å²) in [6.45, 7) is 11.7. The highest BCUT2D eigenvalue weighted by Crippen LogP contribution is 2.38. The number of aromatic nitrogens is 7. The van der Waals surface area contributed by atoms with Gasteiger partial charge in [-0.1, -0.05) is 52.2 Å². The Balaban J connectivity index is 0.598. The number of ether oxygens (including phenoxy) is 5. The number of likely N-dealkylation sites (tertiary alicyclic amines) is 1. The van der Waals surface area contributed by atoms with Crippen LogP contribution in [0, 0.1) is 11.7 Å². The van der Waals surface area contributed by atoms with Gasteiger partial charge in [-0.3, -0.25) is 33.4 Å². The number of likely N-dealkylation sites (N-methyl/N-ethyl adjacent to an activating group) is 1. The molecule has 0 bridgehead atoms. The number of hydrogen-bond donors (Lipinski definition) is 4. The number of carbonyl (C=O) groups is 4. The number of anilines is 2. The van der Waals surface area contributed by atoms with E-state index in [9.17, 15) is 33.9 Å². The van der Waals surface area contributed by atoms with Crippen LogP contribution < -0.4 is 31.8 Å². The van der Waals surface area contributed by atoms with Crippen LogP contribution in [0.25, 0.3) is 27.7 Å². The minimum absolute atomic E-state index is 0.0136. The second kappa shape index (κ2) is 31.2. The zero-order chi connectivity index (χ0) is 65.8. The topological polar surface area (TPSA) is 278 Å². The molecular formula is C67H83FN12O12S. The Labute approximate surface area is 542 Å². The van der Waals surface area contributed by atoms with E-state index in [1.807, 2.05) is 25.7 Å². The number of ketones is 1. The summed E-state index contributed by atoms with van der Waals surface area (Å²) in [5, 5.41) is 31.6. The van der Waals surface area contributed by atoms with Crippen LogP contribution in [0.3, 0.4) is 0 Å². The molecule has 4 N–H and O–H groups in total. The van der Waals surface area contributed by atoms with Crippen molar-refractivity contribution in [1.29, 1.82) is 0 Å². The van der Waals surface area contributed by atoms with Crippen LogP contribution in [0.5, 0.6) is 5.75 Å². The molecule has 7 heterocycles.